The number of nitrogens with two attached hydrogens (primary N) is 1. The third-order valence-corrected chi connectivity index (χ3v) is 7.87. The van der Waals surface area contributed by atoms with E-state index >= 15 is 0 Å². The molecule has 0 spiro atoms. The summed E-state index contributed by atoms with van der Waals surface area (Å²) in [6, 6.07) is 8.38. The highest BCUT2D eigenvalue weighted by atomic mass is 16.2. The second kappa shape index (κ2) is 8.12. The Labute approximate surface area is 193 Å². The van der Waals surface area contributed by atoms with E-state index in [1.807, 2.05) is 28.9 Å². The van der Waals surface area contributed by atoms with Crippen molar-refractivity contribution in [2.45, 2.75) is 62.4 Å². The fraction of sp³-hybridized carbons (Fsp3) is 0.583. The molecule has 0 radical (unpaired) electrons. The molecule has 4 fully saturated rings. The van der Waals surface area contributed by atoms with Gasteiger partial charge in [-0.25, -0.2) is 0 Å². The van der Waals surface area contributed by atoms with Crippen molar-refractivity contribution in [2.24, 2.45) is 11.7 Å². The maximum Gasteiger partial charge on any atom is 0.251 e. The quantitative estimate of drug-likeness (QED) is 0.640. The Morgan fingerprint density at radius 2 is 1.97 bits per heavy atom. The lowest BCUT2D eigenvalue weighted by Gasteiger charge is -2.38. The van der Waals surface area contributed by atoms with Crippen molar-refractivity contribution in [2.75, 3.05) is 20.1 Å². The molecular formula is C24H30N6O3. The lowest BCUT2D eigenvalue weighted by atomic mass is 10.0. The van der Waals surface area contributed by atoms with Gasteiger partial charge in [0, 0.05) is 37.8 Å². The number of hydrogen-bond donors (Lipinski definition) is 2. The first-order valence-corrected chi connectivity index (χ1v) is 11.7. The molecule has 7 atom stereocenters. The predicted molar refractivity (Wildman–Crippen MR) is 120 cm³/mol. The van der Waals surface area contributed by atoms with Crippen LogP contribution in [0.4, 0.5) is 0 Å². The second-order valence-electron chi connectivity index (χ2n) is 9.78. The van der Waals surface area contributed by atoms with Crippen molar-refractivity contribution in [1.82, 2.24) is 20.0 Å². The number of piperazine rings is 1. The first-order valence-electron chi connectivity index (χ1n) is 11.7. The molecular weight excluding hydrogens is 420 g/mol. The molecule has 1 aromatic carbocycles. The number of fused-ring (bicyclic) bond motifs is 3. The molecule has 4 aliphatic rings. The Bertz CT molecular complexity index is 1020. The third-order valence-electron chi connectivity index (χ3n) is 7.87. The third kappa shape index (κ3) is 3.58. The van der Waals surface area contributed by atoms with Crippen LogP contribution in [0.1, 0.15) is 48.1 Å². The predicted octanol–water partition coefficient (Wildman–Crippen LogP) is 0.233. The van der Waals surface area contributed by atoms with E-state index in [1.165, 1.54) is 0 Å². The molecule has 2 bridgehead atoms. The molecule has 5 rings (SSSR count). The van der Waals surface area contributed by atoms with Gasteiger partial charge in [0.15, 0.2) is 0 Å². The number of amides is 3. The fourth-order valence-electron chi connectivity index (χ4n) is 6.03. The van der Waals surface area contributed by atoms with Gasteiger partial charge in [0.05, 0.1) is 24.2 Å². The Morgan fingerprint density at radius 3 is 2.61 bits per heavy atom. The maximum atomic E-state index is 13.2. The van der Waals surface area contributed by atoms with Gasteiger partial charge in [-0.15, -0.1) is 0 Å². The van der Waals surface area contributed by atoms with Crippen LogP contribution in [0.5, 0.6) is 0 Å². The van der Waals surface area contributed by atoms with E-state index < -0.39 is 6.04 Å². The number of hydrogen-bond acceptors (Lipinski definition) is 6. The van der Waals surface area contributed by atoms with E-state index in [0.717, 1.165) is 24.8 Å². The second-order valence-corrected chi connectivity index (χ2v) is 9.78. The summed E-state index contributed by atoms with van der Waals surface area (Å²) in [5.41, 5.74) is 7.86. The van der Waals surface area contributed by atoms with E-state index in [9.17, 15) is 19.6 Å². The number of carbonyl (C=O) groups is 3. The molecule has 9 heteroatoms. The molecule has 3 aliphatic heterocycles. The van der Waals surface area contributed by atoms with Gasteiger partial charge in [-0.05, 0) is 49.8 Å². The average Bonchev–Trinajstić information content (AvgIpc) is 3.15. The molecule has 3 heterocycles. The van der Waals surface area contributed by atoms with Gasteiger partial charge in [0.1, 0.15) is 6.04 Å². The summed E-state index contributed by atoms with van der Waals surface area (Å²) in [6.07, 6.45) is 2.46. The largest absolute Gasteiger partial charge is 0.355 e. The van der Waals surface area contributed by atoms with Crippen LogP contribution in [0.25, 0.3) is 0 Å². The molecule has 1 aromatic rings. The van der Waals surface area contributed by atoms with Gasteiger partial charge >= 0.3 is 0 Å². The lowest BCUT2D eigenvalue weighted by molar-refractivity contribution is -0.141. The zero-order valence-corrected chi connectivity index (χ0v) is 19.0. The average molecular weight is 451 g/mol. The molecule has 174 valence electrons. The monoisotopic (exact) mass is 450 g/mol. The minimum atomic E-state index is -0.726. The van der Waals surface area contributed by atoms with Crippen LogP contribution >= 0.6 is 0 Å². The van der Waals surface area contributed by atoms with Crippen molar-refractivity contribution >= 4 is 17.7 Å². The Hall–Kier alpha value is -2.96. The molecule has 9 nitrogen and oxygen atoms in total. The Morgan fingerprint density at radius 1 is 1.24 bits per heavy atom. The number of nitrogens with one attached hydrogen (secondary N) is 1. The minimum Gasteiger partial charge on any atom is -0.355 e. The normalized spacial score (nSPS) is 31.8. The molecule has 3 saturated heterocycles. The number of carbonyl (C=O) groups excluding carboxylic acids is 3. The topological polar surface area (TPSA) is 123 Å². The van der Waals surface area contributed by atoms with Crippen molar-refractivity contribution in [3.8, 4) is 6.07 Å². The van der Waals surface area contributed by atoms with Gasteiger partial charge < -0.3 is 20.9 Å². The zero-order chi connectivity index (χ0) is 23.4. The highest BCUT2D eigenvalue weighted by Crippen LogP contribution is 2.48. The first kappa shape index (κ1) is 21.9. The molecule has 33 heavy (non-hydrogen) atoms. The van der Waals surface area contributed by atoms with Crippen molar-refractivity contribution in [3.05, 3.63) is 35.4 Å². The van der Waals surface area contributed by atoms with Crippen LogP contribution in [0.15, 0.2) is 24.3 Å². The Balaban J connectivity index is 1.21. The molecule has 3 N–H and O–H groups in total. The van der Waals surface area contributed by atoms with Crippen LogP contribution in [-0.4, -0.2) is 82.8 Å². The highest BCUT2D eigenvalue weighted by molar-refractivity contribution is 5.94. The van der Waals surface area contributed by atoms with Crippen LogP contribution in [0.2, 0.25) is 0 Å². The summed E-state index contributed by atoms with van der Waals surface area (Å²) in [6.45, 7) is 3.03. The summed E-state index contributed by atoms with van der Waals surface area (Å²) in [5.74, 6) is 0.213. The number of likely N-dealkylation sites (tertiary alicyclic amines) is 3. The van der Waals surface area contributed by atoms with Crippen molar-refractivity contribution in [1.29, 1.82) is 5.26 Å². The number of piperidine rings is 1. The summed E-state index contributed by atoms with van der Waals surface area (Å²) in [4.78, 5) is 43.7. The SMILES string of the molecule is CNC(=O)c1ccc([C@H](C)N2C(=O)[C@@H]3CC2CN3C[C@H](N)C(=O)N2[C@H](C#N)C[C@@H]3C[C@@H]32)cc1. The van der Waals surface area contributed by atoms with Gasteiger partial charge in [0.25, 0.3) is 5.91 Å². The van der Waals surface area contributed by atoms with E-state index in [4.69, 9.17) is 5.73 Å². The van der Waals surface area contributed by atoms with Crippen LogP contribution in [0.3, 0.4) is 0 Å². The molecule has 0 aromatic heterocycles. The maximum absolute atomic E-state index is 13.2. The molecule has 1 unspecified atom stereocenters. The summed E-state index contributed by atoms with van der Waals surface area (Å²) < 4.78 is 0. The number of rotatable bonds is 6. The zero-order valence-electron chi connectivity index (χ0n) is 19.0. The van der Waals surface area contributed by atoms with Crippen LogP contribution in [-0.2, 0) is 9.59 Å². The van der Waals surface area contributed by atoms with Crippen LogP contribution in [0, 0.1) is 17.2 Å². The van der Waals surface area contributed by atoms with Gasteiger partial charge in [-0.2, -0.15) is 5.26 Å². The van der Waals surface area contributed by atoms with Gasteiger partial charge in [-0.3, -0.25) is 19.3 Å². The Kier molecular flexibility index (Phi) is 5.38. The van der Waals surface area contributed by atoms with Crippen molar-refractivity contribution < 1.29 is 14.4 Å². The minimum absolute atomic E-state index is 0.0621. The number of nitriles is 1. The molecule has 1 aliphatic carbocycles. The molecule has 3 amide bonds. The number of benzene rings is 1. The lowest BCUT2D eigenvalue weighted by Crippen LogP contribution is -2.57. The van der Waals surface area contributed by atoms with Gasteiger partial charge in [0.2, 0.25) is 11.8 Å². The summed E-state index contributed by atoms with van der Waals surface area (Å²) in [7, 11) is 1.60. The van der Waals surface area contributed by atoms with E-state index in [2.05, 4.69) is 11.4 Å². The van der Waals surface area contributed by atoms with Crippen molar-refractivity contribution in [3.63, 3.8) is 0 Å². The summed E-state index contributed by atoms with van der Waals surface area (Å²) >= 11 is 0. The van der Waals surface area contributed by atoms with E-state index in [-0.39, 0.29) is 47.9 Å². The summed E-state index contributed by atoms with van der Waals surface area (Å²) in [5, 5.41) is 12.0. The fourth-order valence-corrected chi connectivity index (χ4v) is 6.03. The molecule has 1 saturated carbocycles. The first-order chi connectivity index (χ1) is 15.8. The van der Waals surface area contributed by atoms with E-state index in [1.54, 1.807) is 24.1 Å². The number of nitrogens with zero attached hydrogens (tertiary/aromatic N) is 4. The highest BCUT2D eigenvalue weighted by Gasteiger charge is 2.56. The van der Waals surface area contributed by atoms with E-state index in [0.29, 0.717) is 24.6 Å². The van der Waals surface area contributed by atoms with Crippen LogP contribution < -0.4 is 11.1 Å². The standard InChI is InChI=1S/C24H30N6O3/c1-13(14-3-5-15(6-4-14)22(31)27-2)29-18-9-21(24(29)33)28(11-18)12-19(26)23(32)30-17(10-25)7-16-8-20(16)30/h3-6,13,16-21H,7-9,11-12,26H2,1-2H3,(H,27,31)/t13-,16+,17-,18?,19-,20-,21-/m0/s1. The smallest absolute Gasteiger partial charge is 0.251 e. The van der Waals surface area contributed by atoms with Gasteiger partial charge in [-0.1, -0.05) is 12.1 Å².